The summed E-state index contributed by atoms with van der Waals surface area (Å²) in [6.45, 7) is 2.92. The van der Waals surface area contributed by atoms with Gasteiger partial charge in [-0.05, 0) is 36.2 Å². The van der Waals surface area contributed by atoms with Crippen molar-refractivity contribution < 1.29 is 18.9 Å². The molecule has 0 unspecified atom stereocenters. The summed E-state index contributed by atoms with van der Waals surface area (Å²) in [6.07, 6.45) is 1.23. The molecule has 0 radical (unpaired) electrons. The van der Waals surface area contributed by atoms with Crippen LogP contribution in [0, 0.1) is 16.0 Å². The molecular formula is C18H18BrNO5. The normalized spacial score (nSPS) is 20.8. The first kappa shape index (κ1) is 17.7. The minimum Gasteiger partial charge on any atom is -0.469 e. The Balaban J connectivity index is 1.79. The topological polar surface area (TPSA) is 82.6 Å². The van der Waals surface area contributed by atoms with Gasteiger partial charge < -0.3 is 9.15 Å². The predicted molar refractivity (Wildman–Crippen MR) is 93.6 cm³/mol. The van der Waals surface area contributed by atoms with Gasteiger partial charge in [-0.25, -0.2) is 0 Å². The molecule has 1 saturated carbocycles. The number of ether oxygens (including phenoxy) is 1. The van der Waals surface area contributed by atoms with Crippen LogP contribution in [-0.4, -0.2) is 16.4 Å². The zero-order chi connectivity index (χ0) is 18.2. The molecule has 0 N–H and O–H groups in total. The molecule has 1 fully saturated rings. The van der Waals surface area contributed by atoms with Crippen LogP contribution in [0.5, 0.6) is 0 Å². The third-order valence-electron chi connectivity index (χ3n) is 4.52. The zero-order valence-electron chi connectivity index (χ0n) is 13.8. The molecular weight excluding hydrogens is 390 g/mol. The fourth-order valence-electron chi connectivity index (χ4n) is 2.83. The quantitative estimate of drug-likeness (QED) is 0.400. The molecule has 1 aromatic heterocycles. The van der Waals surface area contributed by atoms with Crippen molar-refractivity contribution in [2.45, 2.75) is 37.8 Å². The number of rotatable bonds is 6. The van der Waals surface area contributed by atoms with Crippen LogP contribution in [0.3, 0.4) is 0 Å². The number of esters is 1. The van der Waals surface area contributed by atoms with Gasteiger partial charge in [-0.2, -0.15) is 0 Å². The maximum atomic E-state index is 12.5. The van der Waals surface area contributed by atoms with Crippen LogP contribution in [0.15, 0.2) is 51.6 Å². The predicted octanol–water partition coefficient (Wildman–Crippen LogP) is 4.49. The third-order valence-corrected chi connectivity index (χ3v) is 5.05. The Labute approximate surface area is 153 Å². The Morgan fingerprint density at radius 2 is 2.04 bits per heavy atom. The first-order valence-electron chi connectivity index (χ1n) is 7.94. The van der Waals surface area contributed by atoms with E-state index in [1.807, 2.05) is 6.07 Å². The summed E-state index contributed by atoms with van der Waals surface area (Å²) >= 11 is 3.34. The van der Waals surface area contributed by atoms with Gasteiger partial charge in [0, 0.05) is 29.2 Å². The highest BCUT2D eigenvalue weighted by atomic mass is 79.9. The summed E-state index contributed by atoms with van der Waals surface area (Å²) in [6, 6.07) is 10.6. The average Bonchev–Trinajstić information content (AvgIpc) is 3.18. The second-order valence-electron chi connectivity index (χ2n) is 6.74. The summed E-state index contributed by atoms with van der Waals surface area (Å²) in [5.74, 6) is -0.00152. The largest absolute Gasteiger partial charge is 0.469 e. The van der Waals surface area contributed by atoms with Gasteiger partial charge in [0.25, 0.3) is 5.54 Å². The monoisotopic (exact) mass is 407 g/mol. The number of carbonyl (C=O) groups is 1. The lowest BCUT2D eigenvalue weighted by molar-refractivity contribution is -0.574. The number of benzene rings is 1. The standard InChI is InChI=1S/C18H18BrNO5/c1-18(2,20(22)23)16(11-5-7-12(19)8-6-11)25-17(21)14-10-13(14)15-4-3-9-24-15/h3-9,13-14,16H,10H2,1-2H3/t13-,14-,16-/m1/s1. The minimum absolute atomic E-state index is 0.00761. The first-order chi connectivity index (χ1) is 11.8. The summed E-state index contributed by atoms with van der Waals surface area (Å²) < 4.78 is 11.8. The van der Waals surface area contributed by atoms with Gasteiger partial charge in [-0.1, -0.05) is 28.1 Å². The highest BCUT2D eigenvalue weighted by Crippen LogP contribution is 2.49. The Hall–Kier alpha value is -2.15. The van der Waals surface area contributed by atoms with Gasteiger partial charge in [0.05, 0.1) is 12.2 Å². The van der Waals surface area contributed by atoms with Gasteiger partial charge in [0.15, 0.2) is 6.10 Å². The molecule has 0 amide bonds. The van der Waals surface area contributed by atoms with Crippen LogP contribution in [0.4, 0.5) is 0 Å². The van der Waals surface area contributed by atoms with E-state index in [0.29, 0.717) is 12.0 Å². The van der Waals surface area contributed by atoms with E-state index < -0.39 is 22.5 Å². The van der Waals surface area contributed by atoms with Crippen LogP contribution in [0.2, 0.25) is 0 Å². The second-order valence-corrected chi connectivity index (χ2v) is 7.66. The highest BCUT2D eigenvalue weighted by molar-refractivity contribution is 9.10. The third kappa shape index (κ3) is 3.61. The van der Waals surface area contributed by atoms with Gasteiger partial charge in [0.2, 0.25) is 0 Å². The maximum Gasteiger partial charge on any atom is 0.310 e. The van der Waals surface area contributed by atoms with E-state index in [9.17, 15) is 14.9 Å². The summed E-state index contributed by atoms with van der Waals surface area (Å²) in [4.78, 5) is 23.6. The number of hydrogen-bond acceptors (Lipinski definition) is 5. The fraction of sp³-hybridized carbons (Fsp3) is 0.389. The van der Waals surface area contributed by atoms with Crippen LogP contribution < -0.4 is 0 Å². The maximum absolute atomic E-state index is 12.5. The lowest BCUT2D eigenvalue weighted by atomic mass is 9.91. The number of carbonyl (C=O) groups excluding carboxylic acids is 1. The number of halogens is 1. The van der Waals surface area contributed by atoms with Crippen LogP contribution in [0.25, 0.3) is 0 Å². The highest BCUT2D eigenvalue weighted by Gasteiger charge is 2.51. The van der Waals surface area contributed by atoms with Gasteiger partial charge in [-0.15, -0.1) is 0 Å². The molecule has 2 aromatic rings. The molecule has 0 bridgehead atoms. The first-order valence-corrected chi connectivity index (χ1v) is 8.74. The van der Waals surface area contributed by atoms with Gasteiger partial charge in [0.1, 0.15) is 5.76 Å². The van der Waals surface area contributed by atoms with E-state index in [-0.39, 0.29) is 11.8 Å². The molecule has 1 aromatic carbocycles. The van der Waals surface area contributed by atoms with E-state index in [1.54, 1.807) is 36.6 Å². The molecule has 1 aliphatic rings. The van der Waals surface area contributed by atoms with Crippen molar-refractivity contribution >= 4 is 21.9 Å². The van der Waals surface area contributed by atoms with Crippen molar-refractivity contribution in [2.75, 3.05) is 0 Å². The van der Waals surface area contributed by atoms with E-state index in [4.69, 9.17) is 9.15 Å². The molecule has 3 atom stereocenters. The SMILES string of the molecule is CC(C)([C@H](OC(=O)[C@@H]1C[C@H]1c1ccco1)c1ccc(Br)cc1)[N+](=O)[O-]. The van der Waals surface area contributed by atoms with E-state index >= 15 is 0 Å². The number of nitro groups is 1. The Morgan fingerprint density at radius 3 is 2.60 bits per heavy atom. The van der Waals surface area contributed by atoms with Crippen LogP contribution in [0.1, 0.15) is 43.6 Å². The summed E-state index contributed by atoms with van der Waals surface area (Å²) in [5.41, 5.74) is -0.855. The molecule has 0 spiro atoms. The lowest BCUT2D eigenvalue weighted by Crippen LogP contribution is -2.40. The van der Waals surface area contributed by atoms with Crippen LogP contribution >= 0.6 is 15.9 Å². The van der Waals surface area contributed by atoms with Crippen molar-refractivity contribution in [3.05, 3.63) is 68.6 Å². The average molecular weight is 408 g/mol. The molecule has 3 rings (SSSR count). The van der Waals surface area contributed by atoms with E-state index in [0.717, 1.165) is 10.2 Å². The second kappa shape index (κ2) is 6.63. The lowest BCUT2D eigenvalue weighted by Gasteiger charge is -2.27. The molecule has 1 heterocycles. The fourth-order valence-corrected chi connectivity index (χ4v) is 3.09. The Morgan fingerprint density at radius 1 is 1.36 bits per heavy atom. The molecule has 0 aliphatic heterocycles. The number of furan rings is 1. The van der Waals surface area contributed by atoms with Crippen molar-refractivity contribution in [1.29, 1.82) is 0 Å². The molecule has 132 valence electrons. The smallest absolute Gasteiger partial charge is 0.310 e. The van der Waals surface area contributed by atoms with Crippen molar-refractivity contribution in [1.82, 2.24) is 0 Å². The molecule has 25 heavy (non-hydrogen) atoms. The number of nitrogens with zero attached hydrogens (tertiary/aromatic N) is 1. The molecule has 6 nitrogen and oxygen atoms in total. The van der Waals surface area contributed by atoms with Gasteiger partial charge in [-0.3, -0.25) is 14.9 Å². The van der Waals surface area contributed by atoms with Crippen molar-refractivity contribution in [2.24, 2.45) is 5.92 Å². The van der Waals surface area contributed by atoms with Crippen molar-refractivity contribution in [3.8, 4) is 0 Å². The Bertz CT molecular complexity index is 769. The van der Waals surface area contributed by atoms with Crippen molar-refractivity contribution in [3.63, 3.8) is 0 Å². The van der Waals surface area contributed by atoms with E-state index in [1.165, 1.54) is 13.8 Å². The van der Waals surface area contributed by atoms with Gasteiger partial charge >= 0.3 is 5.97 Å². The molecule has 0 saturated heterocycles. The Kier molecular flexibility index (Phi) is 4.69. The van der Waals surface area contributed by atoms with Crippen LogP contribution in [-0.2, 0) is 9.53 Å². The zero-order valence-corrected chi connectivity index (χ0v) is 15.4. The molecule has 1 aliphatic carbocycles. The summed E-state index contributed by atoms with van der Waals surface area (Å²) in [7, 11) is 0. The van der Waals surface area contributed by atoms with E-state index in [2.05, 4.69) is 15.9 Å². The molecule has 7 heteroatoms. The minimum atomic E-state index is -1.45. The number of hydrogen-bond donors (Lipinski definition) is 0. The summed E-state index contributed by atoms with van der Waals surface area (Å²) in [5, 5.41) is 11.5.